The summed E-state index contributed by atoms with van der Waals surface area (Å²) in [5.41, 5.74) is 3.84. The largest absolute Gasteiger partial charge is 0.354 e. The van der Waals surface area contributed by atoms with Gasteiger partial charge in [0, 0.05) is 68.3 Å². The smallest absolute Gasteiger partial charge is 0.257 e. The molecule has 33 heavy (non-hydrogen) atoms. The maximum atomic E-state index is 13.0. The van der Waals surface area contributed by atoms with Crippen LogP contribution >= 0.6 is 0 Å². The lowest BCUT2D eigenvalue weighted by molar-refractivity contribution is 0.102. The molecule has 1 aliphatic rings. The highest BCUT2D eigenvalue weighted by molar-refractivity contribution is 6.05. The van der Waals surface area contributed by atoms with Crippen molar-refractivity contribution in [2.24, 2.45) is 7.05 Å². The van der Waals surface area contributed by atoms with E-state index in [4.69, 9.17) is 0 Å². The molecule has 8 nitrogen and oxygen atoms in total. The molecule has 3 aromatic heterocycles. The van der Waals surface area contributed by atoms with Crippen LogP contribution in [0.2, 0.25) is 0 Å². The van der Waals surface area contributed by atoms with Crippen molar-refractivity contribution in [2.75, 3.05) is 43.4 Å². The van der Waals surface area contributed by atoms with Crippen molar-refractivity contribution in [3.63, 3.8) is 0 Å². The van der Waals surface area contributed by atoms with Crippen LogP contribution in [0.1, 0.15) is 15.9 Å². The Hall–Kier alpha value is -3.78. The van der Waals surface area contributed by atoms with Crippen molar-refractivity contribution in [3.8, 4) is 11.1 Å². The number of nitrogens with zero attached hydrogens (tertiary/aromatic N) is 6. The molecule has 5 rings (SSSR count). The number of piperazine rings is 1. The van der Waals surface area contributed by atoms with Gasteiger partial charge in [0.1, 0.15) is 11.6 Å². The molecule has 0 atom stereocenters. The van der Waals surface area contributed by atoms with E-state index < -0.39 is 0 Å². The van der Waals surface area contributed by atoms with Gasteiger partial charge < -0.3 is 15.1 Å². The van der Waals surface area contributed by atoms with E-state index in [1.807, 2.05) is 37.8 Å². The third-order valence-corrected chi connectivity index (χ3v) is 6.16. The number of hydrogen-bond donors (Lipinski definition) is 1. The number of amides is 1. The molecule has 168 valence electrons. The summed E-state index contributed by atoms with van der Waals surface area (Å²) >= 11 is 0. The van der Waals surface area contributed by atoms with Gasteiger partial charge >= 0.3 is 0 Å². The van der Waals surface area contributed by atoms with Crippen molar-refractivity contribution < 1.29 is 4.79 Å². The third-order valence-electron chi connectivity index (χ3n) is 6.16. The Balaban J connectivity index is 1.38. The molecule has 0 radical (unpaired) electrons. The first-order valence-electron chi connectivity index (χ1n) is 11.1. The fourth-order valence-corrected chi connectivity index (χ4v) is 4.20. The highest BCUT2D eigenvalue weighted by atomic mass is 16.1. The SMILES string of the molecule is Cc1cc(-c2cnn(C)c2)cc2cc(NC(=O)c3ccnc(N4CCN(C)CC4)c3)ncc12. The number of likely N-dealkylation sites (N-methyl/N-ethyl adjacent to an activating group) is 1. The molecule has 1 fully saturated rings. The van der Waals surface area contributed by atoms with Gasteiger partial charge in [-0.25, -0.2) is 9.97 Å². The van der Waals surface area contributed by atoms with E-state index in [0.29, 0.717) is 11.4 Å². The van der Waals surface area contributed by atoms with E-state index in [-0.39, 0.29) is 5.91 Å². The Labute approximate surface area is 192 Å². The first-order valence-corrected chi connectivity index (χ1v) is 11.1. The van der Waals surface area contributed by atoms with E-state index in [0.717, 1.165) is 59.5 Å². The summed E-state index contributed by atoms with van der Waals surface area (Å²) < 4.78 is 1.79. The Morgan fingerprint density at radius 2 is 1.79 bits per heavy atom. The fraction of sp³-hybridized carbons (Fsp3) is 0.280. The highest BCUT2D eigenvalue weighted by Gasteiger charge is 2.17. The number of aryl methyl sites for hydroxylation is 2. The van der Waals surface area contributed by atoms with Crippen LogP contribution in [0.15, 0.2) is 55.1 Å². The number of carbonyl (C=O) groups excluding carboxylic acids is 1. The maximum Gasteiger partial charge on any atom is 0.257 e. The van der Waals surface area contributed by atoms with Gasteiger partial charge in [0.05, 0.1) is 6.20 Å². The molecule has 4 aromatic rings. The van der Waals surface area contributed by atoms with Crippen LogP contribution < -0.4 is 10.2 Å². The predicted octanol–water partition coefficient (Wildman–Crippen LogP) is 3.34. The molecule has 0 bridgehead atoms. The average molecular weight is 442 g/mol. The van der Waals surface area contributed by atoms with Gasteiger partial charge in [-0.3, -0.25) is 9.48 Å². The van der Waals surface area contributed by atoms with Crippen LogP contribution in [0, 0.1) is 6.92 Å². The van der Waals surface area contributed by atoms with Gasteiger partial charge in [0.15, 0.2) is 0 Å². The van der Waals surface area contributed by atoms with Crippen LogP contribution in [0.25, 0.3) is 21.9 Å². The first kappa shape index (κ1) is 21.1. The summed E-state index contributed by atoms with van der Waals surface area (Å²) in [5, 5.41) is 9.30. The van der Waals surface area contributed by atoms with Gasteiger partial charge in [-0.05, 0) is 54.8 Å². The lowest BCUT2D eigenvalue weighted by Gasteiger charge is -2.33. The monoisotopic (exact) mass is 441 g/mol. The number of pyridine rings is 2. The predicted molar refractivity (Wildman–Crippen MR) is 131 cm³/mol. The van der Waals surface area contributed by atoms with Gasteiger partial charge in [-0.15, -0.1) is 0 Å². The van der Waals surface area contributed by atoms with Gasteiger partial charge in [-0.1, -0.05) is 6.07 Å². The van der Waals surface area contributed by atoms with Crippen LogP contribution in [-0.4, -0.2) is 63.8 Å². The molecule has 1 saturated heterocycles. The minimum Gasteiger partial charge on any atom is -0.354 e. The Kier molecular flexibility index (Phi) is 5.51. The molecule has 1 N–H and O–H groups in total. The third kappa shape index (κ3) is 4.42. The summed E-state index contributed by atoms with van der Waals surface area (Å²) in [6.45, 7) is 5.84. The summed E-state index contributed by atoms with van der Waals surface area (Å²) in [6.07, 6.45) is 7.35. The van der Waals surface area contributed by atoms with E-state index in [1.165, 1.54) is 0 Å². The molecule has 8 heteroatoms. The zero-order valence-electron chi connectivity index (χ0n) is 19.1. The van der Waals surface area contributed by atoms with Crippen LogP contribution in [0.5, 0.6) is 0 Å². The van der Waals surface area contributed by atoms with Crippen molar-refractivity contribution in [1.29, 1.82) is 0 Å². The first-order chi connectivity index (χ1) is 16.0. The Morgan fingerprint density at radius 1 is 0.970 bits per heavy atom. The van der Waals surface area contributed by atoms with Crippen molar-refractivity contribution >= 4 is 28.3 Å². The number of fused-ring (bicyclic) bond motifs is 1. The van der Waals surface area contributed by atoms with Crippen LogP contribution in [0.3, 0.4) is 0 Å². The standard InChI is InChI=1S/C25H27N7O/c1-17-10-19(21-14-28-31(3)16-21)11-20-12-23(27-15-22(17)20)29-25(33)18-4-5-26-24(13-18)32-8-6-30(2)7-9-32/h4-5,10-16H,6-9H2,1-3H3,(H,27,29,33). The summed E-state index contributed by atoms with van der Waals surface area (Å²) in [4.78, 5) is 26.4. The van der Waals surface area contributed by atoms with E-state index in [9.17, 15) is 4.79 Å². The molecule has 0 spiro atoms. The second kappa shape index (κ2) is 8.63. The van der Waals surface area contributed by atoms with Crippen LogP contribution in [0.4, 0.5) is 11.6 Å². The lowest BCUT2D eigenvalue weighted by Crippen LogP contribution is -2.44. The van der Waals surface area contributed by atoms with Crippen molar-refractivity contribution in [1.82, 2.24) is 24.6 Å². The minimum absolute atomic E-state index is 0.195. The number of aromatic nitrogens is 4. The Morgan fingerprint density at radius 3 is 2.55 bits per heavy atom. The number of nitrogens with one attached hydrogen (secondary N) is 1. The molecular formula is C25H27N7O. The molecule has 1 aromatic carbocycles. The highest BCUT2D eigenvalue weighted by Crippen LogP contribution is 2.28. The summed E-state index contributed by atoms with van der Waals surface area (Å²) in [5.74, 6) is 1.16. The van der Waals surface area contributed by atoms with Gasteiger partial charge in [0.2, 0.25) is 0 Å². The average Bonchev–Trinajstić information content (AvgIpc) is 3.26. The van der Waals surface area contributed by atoms with Crippen molar-refractivity contribution in [3.05, 3.63) is 66.2 Å². The summed E-state index contributed by atoms with van der Waals surface area (Å²) in [6, 6.07) is 9.75. The quantitative estimate of drug-likeness (QED) is 0.523. The molecule has 0 unspecified atom stereocenters. The molecular weight excluding hydrogens is 414 g/mol. The van der Waals surface area contributed by atoms with Gasteiger partial charge in [-0.2, -0.15) is 5.10 Å². The topological polar surface area (TPSA) is 79.2 Å². The lowest BCUT2D eigenvalue weighted by atomic mass is 10.0. The van der Waals surface area contributed by atoms with Crippen LogP contribution in [-0.2, 0) is 7.05 Å². The van der Waals surface area contributed by atoms with E-state index in [1.54, 1.807) is 16.9 Å². The number of hydrogen-bond acceptors (Lipinski definition) is 6. The summed E-state index contributed by atoms with van der Waals surface area (Å²) in [7, 11) is 4.02. The molecule has 4 heterocycles. The maximum absolute atomic E-state index is 13.0. The Bertz CT molecular complexity index is 1320. The number of benzene rings is 1. The molecule has 0 saturated carbocycles. The zero-order chi connectivity index (χ0) is 22.9. The molecule has 0 aliphatic carbocycles. The molecule has 1 amide bonds. The zero-order valence-corrected chi connectivity index (χ0v) is 19.1. The fourth-order valence-electron chi connectivity index (χ4n) is 4.20. The number of carbonyl (C=O) groups is 1. The van der Waals surface area contributed by atoms with Crippen molar-refractivity contribution in [2.45, 2.75) is 6.92 Å². The minimum atomic E-state index is -0.195. The van der Waals surface area contributed by atoms with E-state index >= 15 is 0 Å². The number of anilines is 2. The normalized spacial score (nSPS) is 14.6. The number of rotatable bonds is 4. The second-order valence-corrected chi connectivity index (χ2v) is 8.63. The molecule has 1 aliphatic heterocycles. The second-order valence-electron chi connectivity index (χ2n) is 8.63. The van der Waals surface area contributed by atoms with E-state index in [2.05, 4.69) is 56.3 Å². The van der Waals surface area contributed by atoms with Gasteiger partial charge in [0.25, 0.3) is 5.91 Å².